The zero-order valence-corrected chi connectivity index (χ0v) is 9.24. The largest absolute Gasteiger partial charge is 0.495 e. The maximum absolute atomic E-state index is 13.6. The Balaban J connectivity index is 3.18. The number of hydrogen-bond acceptors (Lipinski definition) is 2. The lowest BCUT2D eigenvalue weighted by Crippen LogP contribution is -2.28. The van der Waals surface area contributed by atoms with Gasteiger partial charge < -0.3 is 10.1 Å². The van der Waals surface area contributed by atoms with Gasteiger partial charge in [-0.1, -0.05) is 17.7 Å². The summed E-state index contributed by atoms with van der Waals surface area (Å²) in [5, 5.41) is 2.61. The Morgan fingerprint density at radius 1 is 1.47 bits per heavy atom. The highest BCUT2D eigenvalue weighted by Gasteiger charge is 2.34. The van der Waals surface area contributed by atoms with Crippen LogP contribution < -0.4 is 10.1 Å². The molecule has 84 valence electrons. The quantitative estimate of drug-likeness (QED) is 0.866. The molecule has 2 nitrogen and oxygen atoms in total. The molecule has 0 aliphatic carbocycles. The zero-order chi connectivity index (χ0) is 11.5. The molecule has 0 fully saturated rings. The molecule has 5 heteroatoms. The third kappa shape index (κ3) is 2.58. The molecule has 0 bridgehead atoms. The predicted octanol–water partition coefficient (Wildman–Crippen LogP) is 2.66. The monoisotopic (exact) mass is 235 g/mol. The molecule has 0 saturated heterocycles. The van der Waals surface area contributed by atoms with Crippen molar-refractivity contribution < 1.29 is 13.5 Å². The first-order valence-electron chi connectivity index (χ1n) is 4.38. The summed E-state index contributed by atoms with van der Waals surface area (Å²) in [6.45, 7) is -0.455. The standard InChI is InChI=1S/C10H12ClF2NO/c1-14-6-10(12,13)7-4-3-5-8(11)9(7)15-2/h3-5,14H,6H2,1-2H3. The number of hydrogen-bond donors (Lipinski definition) is 1. The molecule has 0 aliphatic rings. The van der Waals surface area contributed by atoms with Gasteiger partial charge in [-0.25, -0.2) is 0 Å². The number of nitrogens with one attached hydrogen (secondary N) is 1. The molecule has 1 N–H and O–H groups in total. The fraction of sp³-hybridized carbons (Fsp3) is 0.400. The van der Waals surface area contributed by atoms with Gasteiger partial charge in [0.05, 0.1) is 24.2 Å². The summed E-state index contributed by atoms with van der Waals surface area (Å²) in [5.41, 5.74) is -0.202. The molecule has 0 amide bonds. The van der Waals surface area contributed by atoms with Crippen molar-refractivity contribution in [1.29, 1.82) is 0 Å². The van der Waals surface area contributed by atoms with E-state index in [1.54, 1.807) is 0 Å². The number of halogens is 3. The van der Waals surface area contributed by atoms with Crippen molar-refractivity contribution in [1.82, 2.24) is 5.32 Å². The van der Waals surface area contributed by atoms with Crippen molar-refractivity contribution in [3.05, 3.63) is 28.8 Å². The smallest absolute Gasteiger partial charge is 0.289 e. The SMILES string of the molecule is CNCC(F)(F)c1cccc(Cl)c1OC. The van der Waals surface area contributed by atoms with Crippen molar-refractivity contribution in [2.45, 2.75) is 5.92 Å². The van der Waals surface area contributed by atoms with Crippen LogP contribution in [-0.4, -0.2) is 20.7 Å². The van der Waals surface area contributed by atoms with Crippen LogP contribution in [0.2, 0.25) is 5.02 Å². The molecule has 0 saturated carbocycles. The molecule has 15 heavy (non-hydrogen) atoms. The molecule has 0 aliphatic heterocycles. The van der Waals surface area contributed by atoms with Crippen molar-refractivity contribution in [3.8, 4) is 5.75 Å². The van der Waals surface area contributed by atoms with Gasteiger partial charge in [-0.05, 0) is 19.2 Å². The Morgan fingerprint density at radius 3 is 2.67 bits per heavy atom. The van der Waals surface area contributed by atoms with E-state index in [2.05, 4.69) is 5.32 Å². The third-order valence-electron chi connectivity index (χ3n) is 1.96. The number of methoxy groups -OCH3 is 1. The Kier molecular flexibility index (Phi) is 3.88. The van der Waals surface area contributed by atoms with Crippen LogP contribution >= 0.6 is 11.6 Å². The summed E-state index contributed by atoms with van der Waals surface area (Å²) in [7, 11) is 2.78. The van der Waals surface area contributed by atoms with E-state index in [4.69, 9.17) is 16.3 Å². The summed E-state index contributed by atoms with van der Waals surface area (Å²) in [5.74, 6) is -2.97. The van der Waals surface area contributed by atoms with Crippen LogP contribution in [0.3, 0.4) is 0 Å². The number of likely N-dealkylation sites (N-methyl/N-ethyl adjacent to an activating group) is 1. The normalized spacial score (nSPS) is 11.5. The van der Waals surface area contributed by atoms with E-state index < -0.39 is 12.5 Å². The maximum atomic E-state index is 13.6. The zero-order valence-electron chi connectivity index (χ0n) is 8.48. The molecule has 1 aromatic rings. The van der Waals surface area contributed by atoms with Crippen molar-refractivity contribution in [2.24, 2.45) is 0 Å². The van der Waals surface area contributed by atoms with Gasteiger partial charge in [0.1, 0.15) is 5.75 Å². The Hall–Kier alpha value is -0.870. The highest BCUT2D eigenvalue weighted by molar-refractivity contribution is 6.32. The minimum atomic E-state index is -3.00. The Morgan fingerprint density at radius 2 is 2.13 bits per heavy atom. The van der Waals surface area contributed by atoms with E-state index in [0.717, 1.165) is 0 Å². The second-order valence-corrected chi connectivity index (χ2v) is 3.46. The first kappa shape index (κ1) is 12.2. The summed E-state index contributed by atoms with van der Waals surface area (Å²) < 4.78 is 32.0. The summed E-state index contributed by atoms with van der Waals surface area (Å²) in [6.07, 6.45) is 0. The van der Waals surface area contributed by atoms with Gasteiger partial charge in [-0.2, -0.15) is 8.78 Å². The molecular formula is C10H12ClF2NO. The minimum Gasteiger partial charge on any atom is -0.495 e. The summed E-state index contributed by atoms with van der Waals surface area (Å²) >= 11 is 5.76. The lowest BCUT2D eigenvalue weighted by Gasteiger charge is -2.19. The van der Waals surface area contributed by atoms with Gasteiger partial charge in [0.25, 0.3) is 5.92 Å². The van der Waals surface area contributed by atoms with Gasteiger partial charge in [0.15, 0.2) is 0 Å². The number of rotatable bonds is 4. The molecule has 0 radical (unpaired) electrons. The van der Waals surface area contributed by atoms with E-state index in [9.17, 15) is 8.78 Å². The Labute approximate surface area is 92.2 Å². The van der Waals surface area contributed by atoms with Crippen LogP contribution in [0.4, 0.5) is 8.78 Å². The van der Waals surface area contributed by atoms with Crippen LogP contribution in [0.1, 0.15) is 5.56 Å². The number of ether oxygens (including phenoxy) is 1. The average molecular weight is 236 g/mol. The molecule has 0 unspecified atom stereocenters. The first-order valence-corrected chi connectivity index (χ1v) is 4.76. The number of para-hydroxylation sites is 1. The molecule has 0 spiro atoms. The Bertz CT molecular complexity index is 344. The van der Waals surface area contributed by atoms with E-state index in [1.807, 2.05) is 0 Å². The van der Waals surface area contributed by atoms with Crippen LogP contribution in [0.5, 0.6) is 5.75 Å². The summed E-state index contributed by atoms with van der Waals surface area (Å²) in [4.78, 5) is 0. The topological polar surface area (TPSA) is 21.3 Å². The fourth-order valence-electron chi connectivity index (χ4n) is 1.32. The van der Waals surface area contributed by atoms with Gasteiger partial charge >= 0.3 is 0 Å². The molecule has 0 heterocycles. The molecule has 1 aromatic carbocycles. The van der Waals surface area contributed by atoms with Gasteiger partial charge in [0, 0.05) is 0 Å². The van der Waals surface area contributed by atoms with Crippen molar-refractivity contribution in [2.75, 3.05) is 20.7 Å². The van der Waals surface area contributed by atoms with E-state index in [1.165, 1.54) is 32.4 Å². The van der Waals surface area contributed by atoms with E-state index in [0.29, 0.717) is 0 Å². The lowest BCUT2D eigenvalue weighted by molar-refractivity contribution is -0.00339. The fourth-order valence-corrected chi connectivity index (χ4v) is 1.57. The van der Waals surface area contributed by atoms with Gasteiger partial charge in [-0.15, -0.1) is 0 Å². The summed E-state index contributed by atoms with van der Waals surface area (Å²) in [6, 6.07) is 4.30. The second kappa shape index (κ2) is 4.77. The predicted molar refractivity (Wildman–Crippen MR) is 55.8 cm³/mol. The molecular weight excluding hydrogens is 224 g/mol. The van der Waals surface area contributed by atoms with Gasteiger partial charge in [-0.3, -0.25) is 0 Å². The van der Waals surface area contributed by atoms with E-state index in [-0.39, 0.29) is 16.3 Å². The second-order valence-electron chi connectivity index (χ2n) is 3.06. The van der Waals surface area contributed by atoms with Crippen LogP contribution in [0.15, 0.2) is 18.2 Å². The number of alkyl halides is 2. The molecule has 0 atom stereocenters. The third-order valence-corrected chi connectivity index (χ3v) is 2.26. The van der Waals surface area contributed by atoms with Crippen molar-refractivity contribution in [3.63, 3.8) is 0 Å². The molecule has 0 aromatic heterocycles. The van der Waals surface area contributed by atoms with Crippen LogP contribution in [-0.2, 0) is 5.92 Å². The van der Waals surface area contributed by atoms with Crippen LogP contribution in [0.25, 0.3) is 0 Å². The maximum Gasteiger partial charge on any atom is 0.289 e. The highest BCUT2D eigenvalue weighted by atomic mass is 35.5. The van der Waals surface area contributed by atoms with E-state index >= 15 is 0 Å². The molecule has 1 rings (SSSR count). The minimum absolute atomic E-state index is 0.0272. The van der Waals surface area contributed by atoms with Gasteiger partial charge in [0.2, 0.25) is 0 Å². The highest BCUT2D eigenvalue weighted by Crippen LogP contribution is 2.38. The average Bonchev–Trinajstić information content (AvgIpc) is 2.17. The van der Waals surface area contributed by atoms with Crippen LogP contribution in [0, 0.1) is 0 Å². The number of benzene rings is 1. The lowest BCUT2D eigenvalue weighted by atomic mass is 10.1. The first-order chi connectivity index (χ1) is 7.03. The van der Waals surface area contributed by atoms with Crippen molar-refractivity contribution >= 4 is 11.6 Å².